The zero-order valence-corrected chi connectivity index (χ0v) is 13.5. The fourth-order valence-electron chi connectivity index (χ4n) is 2.36. The first-order chi connectivity index (χ1) is 10.0. The second-order valence-corrected chi connectivity index (χ2v) is 7.20. The molecule has 1 aliphatic heterocycles. The molecule has 0 spiro atoms. The van der Waals surface area contributed by atoms with Crippen LogP contribution in [0.3, 0.4) is 0 Å². The van der Waals surface area contributed by atoms with E-state index < -0.39 is 10.0 Å². The summed E-state index contributed by atoms with van der Waals surface area (Å²) in [5.41, 5.74) is 1.75. The van der Waals surface area contributed by atoms with Gasteiger partial charge >= 0.3 is 0 Å². The number of hydrogen-bond acceptors (Lipinski definition) is 4. The summed E-state index contributed by atoms with van der Waals surface area (Å²) < 4.78 is 32.9. The summed E-state index contributed by atoms with van der Waals surface area (Å²) >= 11 is 0. The highest BCUT2D eigenvalue weighted by Gasteiger charge is 2.21. The van der Waals surface area contributed by atoms with E-state index in [0.29, 0.717) is 24.6 Å². The van der Waals surface area contributed by atoms with Gasteiger partial charge in [-0.3, -0.25) is 0 Å². The molecule has 1 saturated heterocycles. The standard InChI is InChI=1S/C15H24N2O3S/c1-3-16-9-13-5-4-12(2)15(8-13)21(18,19)17-10-14-6-7-20-11-14/h4-5,8,14,16-17H,3,6-7,9-11H2,1-2H3. The number of hydrogen-bond donors (Lipinski definition) is 2. The average molecular weight is 312 g/mol. The van der Waals surface area contributed by atoms with Crippen LogP contribution < -0.4 is 10.0 Å². The Kier molecular flexibility index (Phi) is 5.75. The molecule has 1 aliphatic rings. The molecular formula is C15H24N2O3S. The molecule has 1 aromatic rings. The Morgan fingerprint density at radius 2 is 2.19 bits per heavy atom. The Hall–Kier alpha value is -0.950. The number of benzene rings is 1. The predicted octanol–water partition coefficient (Wildman–Crippen LogP) is 1.42. The van der Waals surface area contributed by atoms with Crippen molar-refractivity contribution in [2.75, 3.05) is 26.3 Å². The number of nitrogens with one attached hydrogen (secondary N) is 2. The van der Waals surface area contributed by atoms with Crippen LogP contribution in [0.2, 0.25) is 0 Å². The van der Waals surface area contributed by atoms with Gasteiger partial charge in [0.15, 0.2) is 0 Å². The minimum absolute atomic E-state index is 0.282. The third kappa shape index (κ3) is 4.51. The first-order valence-corrected chi connectivity index (χ1v) is 8.89. The van der Waals surface area contributed by atoms with Crippen molar-refractivity contribution in [3.8, 4) is 0 Å². The highest BCUT2D eigenvalue weighted by molar-refractivity contribution is 7.89. The molecule has 6 heteroatoms. The van der Waals surface area contributed by atoms with E-state index >= 15 is 0 Å². The van der Waals surface area contributed by atoms with E-state index in [9.17, 15) is 8.42 Å². The van der Waals surface area contributed by atoms with Crippen LogP contribution in [-0.4, -0.2) is 34.7 Å². The fraction of sp³-hybridized carbons (Fsp3) is 0.600. The average Bonchev–Trinajstić information content (AvgIpc) is 2.97. The topological polar surface area (TPSA) is 67.4 Å². The van der Waals surface area contributed by atoms with E-state index in [1.54, 1.807) is 6.07 Å². The lowest BCUT2D eigenvalue weighted by Crippen LogP contribution is -2.30. The van der Waals surface area contributed by atoms with Gasteiger partial charge in [-0.25, -0.2) is 13.1 Å². The summed E-state index contributed by atoms with van der Waals surface area (Å²) in [6.45, 7) is 7.19. The largest absolute Gasteiger partial charge is 0.381 e. The molecule has 0 radical (unpaired) electrons. The lowest BCUT2D eigenvalue weighted by Gasteiger charge is -2.13. The van der Waals surface area contributed by atoms with Crippen molar-refractivity contribution in [1.29, 1.82) is 0 Å². The maximum atomic E-state index is 12.5. The number of ether oxygens (including phenoxy) is 1. The van der Waals surface area contributed by atoms with Crippen molar-refractivity contribution in [1.82, 2.24) is 10.0 Å². The van der Waals surface area contributed by atoms with Crippen LogP contribution in [0.1, 0.15) is 24.5 Å². The Morgan fingerprint density at radius 3 is 2.86 bits per heavy atom. The highest BCUT2D eigenvalue weighted by Crippen LogP contribution is 2.18. The van der Waals surface area contributed by atoms with Crippen LogP contribution in [0.15, 0.2) is 23.1 Å². The van der Waals surface area contributed by atoms with E-state index in [1.807, 2.05) is 26.0 Å². The summed E-state index contributed by atoms with van der Waals surface area (Å²) in [6.07, 6.45) is 0.919. The molecule has 1 atom stereocenters. The van der Waals surface area contributed by atoms with Crippen LogP contribution in [0.4, 0.5) is 0 Å². The van der Waals surface area contributed by atoms with Crippen molar-refractivity contribution in [2.45, 2.75) is 31.7 Å². The SMILES string of the molecule is CCNCc1ccc(C)c(S(=O)(=O)NCC2CCOC2)c1. The third-order valence-electron chi connectivity index (χ3n) is 3.71. The number of rotatable bonds is 7. The predicted molar refractivity (Wildman–Crippen MR) is 82.7 cm³/mol. The van der Waals surface area contributed by atoms with E-state index in [0.717, 1.165) is 30.7 Å². The third-order valence-corrected chi connectivity index (χ3v) is 5.27. The molecule has 21 heavy (non-hydrogen) atoms. The second kappa shape index (κ2) is 7.35. The zero-order valence-electron chi connectivity index (χ0n) is 12.7. The molecule has 0 aromatic heterocycles. The fourth-order valence-corrected chi connectivity index (χ4v) is 3.77. The summed E-state index contributed by atoms with van der Waals surface area (Å²) in [6, 6.07) is 5.58. The van der Waals surface area contributed by atoms with Crippen LogP contribution in [0.25, 0.3) is 0 Å². The van der Waals surface area contributed by atoms with Gasteiger partial charge in [-0.05, 0) is 43.0 Å². The van der Waals surface area contributed by atoms with Crippen LogP contribution >= 0.6 is 0 Å². The smallest absolute Gasteiger partial charge is 0.240 e. The van der Waals surface area contributed by atoms with Gasteiger partial charge in [-0.15, -0.1) is 0 Å². The lowest BCUT2D eigenvalue weighted by atomic mass is 10.1. The molecule has 1 unspecified atom stereocenters. The van der Waals surface area contributed by atoms with Crippen LogP contribution in [0.5, 0.6) is 0 Å². The molecule has 118 valence electrons. The maximum absolute atomic E-state index is 12.5. The zero-order chi connectivity index (χ0) is 15.3. The van der Waals surface area contributed by atoms with E-state index in [-0.39, 0.29) is 5.92 Å². The molecule has 0 amide bonds. The van der Waals surface area contributed by atoms with Crippen molar-refractivity contribution >= 4 is 10.0 Å². The lowest BCUT2D eigenvalue weighted by molar-refractivity contribution is 0.186. The minimum Gasteiger partial charge on any atom is -0.381 e. The van der Waals surface area contributed by atoms with Gasteiger partial charge in [0.1, 0.15) is 0 Å². The molecule has 2 N–H and O–H groups in total. The van der Waals surface area contributed by atoms with Gasteiger partial charge < -0.3 is 10.1 Å². The normalized spacial score (nSPS) is 19.0. The minimum atomic E-state index is -3.46. The van der Waals surface area contributed by atoms with Gasteiger partial charge in [-0.1, -0.05) is 19.1 Å². The first kappa shape index (κ1) is 16.4. The van der Waals surface area contributed by atoms with Crippen LogP contribution in [0, 0.1) is 12.8 Å². The highest BCUT2D eigenvalue weighted by atomic mass is 32.2. The van der Waals surface area contributed by atoms with Crippen molar-refractivity contribution in [3.05, 3.63) is 29.3 Å². The summed E-state index contributed by atoms with van der Waals surface area (Å²) in [7, 11) is -3.46. The monoisotopic (exact) mass is 312 g/mol. The molecule has 0 aliphatic carbocycles. The Balaban J connectivity index is 2.09. The van der Waals surface area contributed by atoms with Gasteiger partial charge in [-0.2, -0.15) is 0 Å². The van der Waals surface area contributed by atoms with Crippen molar-refractivity contribution in [2.24, 2.45) is 5.92 Å². The molecule has 1 heterocycles. The summed E-state index contributed by atoms with van der Waals surface area (Å²) in [4.78, 5) is 0.372. The van der Waals surface area contributed by atoms with Gasteiger partial charge in [0.2, 0.25) is 10.0 Å². The Labute approximate surface area is 127 Å². The quantitative estimate of drug-likeness (QED) is 0.799. The van der Waals surface area contributed by atoms with E-state index in [2.05, 4.69) is 10.0 Å². The number of aryl methyl sites for hydroxylation is 1. The Morgan fingerprint density at radius 1 is 1.38 bits per heavy atom. The molecular weight excluding hydrogens is 288 g/mol. The van der Waals surface area contributed by atoms with Gasteiger partial charge in [0.25, 0.3) is 0 Å². The summed E-state index contributed by atoms with van der Waals surface area (Å²) in [5, 5.41) is 3.21. The van der Waals surface area contributed by atoms with Crippen LogP contribution in [-0.2, 0) is 21.3 Å². The second-order valence-electron chi connectivity index (χ2n) is 5.46. The molecule has 5 nitrogen and oxygen atoms in total. The molecule has 1 aromatic carbocycles. The molecule has 2 rings (SSSR count). The van der Waals surface area contributed by atoms with E-state index in [1.165, 1.54) is 0 Å². The number of sulfonamides is 1. The Bertz CT molecular complexity index is 566. The molecule has 0 bridgehead atoms. The van der Waals surface area contributed by atoms with Crippen molar-refractivity contribution in [3.63, 3.8) is 0 Å². The maximum Gasteiger partial charge on any atom is 0.240 e. The summed E-state index contributed by atoms with van der Waals surface area (Å²) in [5.74, 6) is 0.282. The molecule has 1 fully saturated rings. The van der Waals surface area contributed by atoms with Gasteiger partial charge in [0.05, 0.1) is 11.5 Å². The van der Waals surface area contributed by atoms with E-state index in [4.69, 9.17) is 4.74 Å². The first-order valence-electron chi connectivity index (χ1n) is 7.40. The molecule has 0 saturated carbocycles. The van der Waals surface area contributed by atoms with Crippen molar-refractivity contribution < 1.29 is 13.2 Å². The van der Waals surface area contributed by atoms with Gasteiger partial charge in [0, 0.05) is 19.7 Å².